The number of ether oxygens (including phenoxy) is 2. The summed E-state index contributed by atoms with van der Waals surface area (Å²) in [6, 6.07) is 7.03. The van der Waals surface area contributed by atoms with Crippen LogP contribution in [-0.2, 0) is 0 Å². The number of likely N-dealkylation sites (tertiary alicyclic amines) is 1. The lowest BCUT2D eigenvalue weighted by Gasteiger charge is -2.29. The summed E-state index contributed by atoms with van der Waals surface area (Å²) in [5.74, 6) is -0.000205. The zero-order chi connectivity index (χ0) is 22.3. The highest BCUT2D eigenvalue weighted by Gasteiger charge is 2.43. The van der Waals surface area contributed by atoms with Gasteiger partial charge in [0.2, 0.25) is 0 Å². The number of allylic oxidation sites excluding steroid dienone is 1. The van der Waals surface area contributed by atoms with Gasteiger partial charge >= 0.3 is 6.29 Å². The van der Waals surface area contributed by atoms with Crippen molar-refractivity contribution in [3.63, 3.8) is 0 Å². The molecule has 9 heteroatoms. The molecule has 0 radical (unpaired) electrons. The number of H-pyrrole nitrogens is 1. The zero-order valence-electron chi connectivity index (χ0n) is 17.5. The van der Waals surface area contributed by atoms with E-state index >= 15 is 0 Å². The lowest BCUT2D eigenvalue weighted by atomic mass is 10.0. The molecule has 0 atom stereocenters. The molecule has 0 amide bonds. The van der Waals surface area contributed by atoms with Crippen LogP contribution >= 0.6 is 0 Å². The first kappa shape index (κ1) is 20.4. The van der Waals surface area contributed by atoms with Crippen molar-refractivity contribution < 1.29 is 18.3 Å². The fourth-order valence-corrected chi connectivity index (χ4v) is 4.11. The molecule has 4 heterocycles. The fourth-order valence-electron chi connectivity index (χ4n) is 4.11. The molecule has 32 heavy (non-hydrogen) atoms. The quantitative estimate of drug-likeness (QED) is 0.518. The number of benzene rings is 1. The summed E-state index contributed by atoms with van der Waals surface area (Å²) in [5, 5.41) is 12.1. The molecule has 1 fully saturated rings. The van der Waals surface area contributed by atoms with E-state index in [1.807, 2.05) is 12.3 Å². The summed E-state index contributed by atoms with van der Waals surface area (Å²) in [7, 11) is 2.12. The average Bonchev–Trinajstić information content (AvgIpc) is 3.33. The Balaban J connectivity index is 1.44. The molecule has 5 rings (SSSR count). The van der Waals surface area contributed by atoms with Gasteiger partial charge in [0, 0.05) is 52.9 Å². The van der Waals surface area contributed by atoms with E-state index in [2.05, 4.69) is 36.7 Å². The van der Waals surface area contributed by atoms with E-state index in [1.165, 1.54) is 18.3 Å². The number of pyridine rings is 1. The maximum atomic E-state index is 13.4. The summed E-state index contributed by atoms with van der Waals surface area (Å²) in [6.45, 7) is 2.10. The van der Waals surface area contributed by atoms with Crippen molar-refractivity contribution in [2.24, 2.45) is 0 Å². The van der Waals surface area contributed by atoms with Crippen LogP contribution in [0.4, 0.5) is 8.78 Å². The second-order valence-corrected chi connectivity index (χ2v) is 8.14. The predicted octanol–water partition coefficient (Wildman–Crippen LogP) is 4.23. The van der Waals surface area contributed by atoms with Gasteiger partial charge < -0.3 is 30.1 Å². The molecule has 7 nitrogen and oxygen atoms in total. The highest BCUT2D eigenvalue weighted by Crippen LogP contribution is 2.43. The first-order chi connectivity index (χ1) is 15.4. The predicted molar refractivity (Wildman–Crippen MR) is 118 cm³/mol. The molecule has 3 N–H and O–H groups in total. The lowest BCUT2D eigenvalue weighted by Crippen LogP contribution is -2.38. The van der Waals surface area contributed by atoms with Crippen LogP contribution < -0.4 is 14.8 Å². The lowest BCUT2D eigenvalue weighted by molar-refractivity contribution is -0.286. The van der Waals surface area contributed by atoms with E-state index in [0.717, 1.165) is 48.0 Å². The summed E-state index contributed by atoms with van der Waals surface area (Å²) < 4.78 is 35.8. The molecule has 3 aromatic rings. The average molecular weight is 439 g/mol. The number of nitrogens with one attached hydrogen (secondary N) is 3. The third kappa shape index (κ3) is 3.91. The molecule has 166 valence electrons. The highest BCUT2D eigenvalue weighted by atomic mass is 19.3. The number of hydrogen-bond donors (Lipinski definition) is 3. The largest absolute Gasteiger partial charge is 0.586 e. The number of fused-ring (bicyclic) bond motifs is 2. The van der Waals surface area contributed by atoms with Crippen molar-refractivity contribution in [1.82, 2.24) is 20.2 Å². The van der Waals surface area contributed by atoms with Crippen LogP contribution in [0.5, 0.6) is 11.5 Å². The van der Waals surface area contributed by atoms with Gasteiger partial charge in [-0.25, -0.2) is 4.98 Å². The zero-order valence-corrected chi connectivity index (χ0v) is 17.5. The Labute approximate surface area is 183 Å². The van der Waals surface area contributed by atoms with Gasteiger partial charge in [0.15, 0.2) is 11.5 Å². The van der Waals surface area contributed by atoms with Crippen molar-refractivity contribution in [2.45, 2.75) is 25.2 Å². The molecule has 0 unspecified atom stereocenters. The number of nitrogens with zero attached hydrogens (tertiary/aromatic N) is 2. The van der Waals surface area contributed by atoms with E-state index < -0.39 is 6.29 Å². The van der Waals surface area contributed by atoms with Gasteiger partial charge in [0.25, 0.3) is 0 Å². The first-order valence-corrected chi connectivity index (χ1v) is 10.4. The molecule has 0 spiro atoms. The van der Waals surface area contributed by atoms with E-state index in [-0.39, 0.29) is 11.5 Å². The molecule has 1 aromatic carbocycles. The second kappa shape index (κ2) is 7.90. The van der Waals surface area contributed by atoms with Crippen LogP contribution in [0.1, 0.15) is 18.4 Å². The van der Waals surface area contributed by atoms with Crippen molar-refractivity contribution >= 4 is 22.8 Å². The van der Waals surface area contributed by atoms with Gasteiger partial charge in [-0.15, -0.1) is 8.78 Å². The van der Waals surface area contributed by atoms with Gasteiger partial charge in [-0.2, -0.15) is 0 Å². The SMILES string of the molecule is CN1CCC(N/C=C(\C=N)c2cnc3[nH]cc(-c4ccc5c(c4)OC(F)(F)O5)c3c2)CC1. The Morgan fingerprint density at radius 1 is 1.25 bits per heavy atom. The molecule has 0 saturated carbocycles. The van der Waals surface area contributed by atoms with Gasteiger partial charge in [0.05, 0.1) is 0 Å². The van der Waals surface area contributed by atoms with Crippen molar-refractivity contribution in [1.29, 1.82) is 5.41 Å². The van der Waals surface area contributed by atoms with Crippen molar-refractivity contribution in [2.75, 3.05) is 20.1 Å². The maximum absolute atomic E-state index is 13.4. The molecule has 2 aliphatic rings. The highest BCUT2D eigenvalue weighted by molar-refractivity contribution is 6.09. The third-order valence-corrected chi connectivity index (χ3v) is 5.93. The normalized spacial score (nSPS) is 18.8. The standard InChI is InChI=1S/C23H23F2N5O2/c1-30-6-4-17(5-7-30)27-12-16(10-26)15-8-18-19(13-29-22(18)28-11-15)14-2-3-20-21(9-14)32-23(24,25)31-20/h2-3,8-13,17,26-27H,4-7H2,1H3,(H,28,29)/b16-12+,26-10?. The summed E-state index contributed by atoms with van der Waals surface area (Å²) >= 11 is 0. The van der Waals surface area contributed by atoms with Crippen LogP contribution in [0.2, 0.25) is 0 Å². The molecule has 0 aliphatic carbocycles. The number of halogens is 2. The monoisotopic (exact) mass is 439 g/mol. The molecular weight excluding hydrogens is 416 g/mol. The minimum Gasteiger partial charge on any atom is -0.395 e. The van der Waals surface area contributed by atoms with Crippen molar-refractivity contribution in [3.8, 4) is 22.6 Å². The first-order valence-electron chi connectivity index (χ1n) is 10.4. The van der Waals surface area contributed by atoms with E-state index in [9.17, 15) is 8.78 Å². The number of hydrogen-bond acceptors (Lipinski definition) is 6. The molecule has 1 saturated heterocycles. The molecular formula is C23H23F2N5O2. The topological polar surface area (TPSA) is 86.3 Å². The van der Waals surface area contributed by atoms with Gasteiger partial charge in [0.1, 0.15) is 5.65 Å². The second-order valence-electron chi connectivity index (χ2n) is 8.14. The molecule has 2 aromatic heterocycles. The number of rotatable bonds is 5. The van der Waals surface area contributed by atoms with Crippen LogP contribution in [0.15, 0.2) is 42.9 Å². The third-order valence-electron chi connectivity index (χ3n) is 5.93. The van der Waals surface area contributed by atoms with Crippen LogP contribution in [0, 0.1) is 5.41 Å². The number of aromatic amines is 1. The summed E-state index contributed by atoms with van der Waals surface area (Å²) in [4.78, 5) is 9.91. The Bertz CT molecular complexity index is 1200. The van der Waals surface area contributed by atoms with E-state index in [0.29, 0.717) is 17.3 Å². The van der Waals surface area contributed by atoms with Crippen LogP contribution in [-0.4, -0.2) is 53.6 Å². The van der Waals surface area contributed by atoms with Crippen LogP contribution in [0.25, 0.3) is 27.7 Å². The Morgan fingerprint density at radius 2 is 2.03 bits per heavy atom. The summed E-state index contributed by atoms with van der Waals surface area (Å²) in [5.41, 5.74) is 3.67. The van der Waals surface area contributed by atoms with E-state index in [1.54, 1.807) is 18.5 Å². The Kier molecular flexibility index (Phi) is 5.05. The fraction of sp³-hybridized carbons (Fsp3) is 0.304. The van der Waals surface area contributed by atoms with E-state index in [4.69, 9.17) is 5.41 Å². The minimum absolute atomic E-state index is 0.00594. The maximum Gasteiger partial charge on any atom is 0.586 e. The van der Waals surface area contributed by atoms with Crippen LogP contribution in [0.3, 0.4) is 0 Å². The van der Waals surface area contributed by atoms with Gasteiger partial charge in [-0.05, 0) is 56.7 Å². The minimum atomic E-state index is -3.65. The number of alkyl halides is 2. The molecule has 2 aliphatic heterocycles. The van der Waals surface area contributed by atoms with Gasteiger partial charge in [-0.1, -0.05) is 6.07 Å². The van der Waals surface area contributed by atoms with Crippen molar-refractivity contribution in [3.05, 3.63) is 48.4 Å². The van der Waals surface area contributed by atoms with Gasteiger partial charge in [-0.3, -0.25) is 0 Å². The smallest absolute Gasteiger partial charge is 0.395 e. The number of piperidine rings is 1. The number of aromatic nitrogens is 2. The summed E-state index contributed by atoms with van der Waals surface area (Å²) in [6.07, 6.45) is 5.14. The molecule has 0 bridgehead atoms. The Morgan fingerprint density at radius 3 is 2.81 bits per heavy atom. The Hall–Kier alpha value is -3.46.